The number of rotatable bonds is 6. The second-order valence-corrected chi connectivity index (χ2v) is 8.25. The zero-order valence-electron chi connectivity index (χ0n) is 15.0. The third-order valence-corrected chi connectivity index (χ3v) is 6.00. The smallest absolute Gasteiger partial charge is 0.288 e. The van der Waals surface area contributed by atoms with E-state index in [4.69, 9.17) is 9.47 Å². The van der Waals surface area contributed by atoms with Gasteiger partial charge in [-0.15, -0.1) is 9.19 Å². The minimum atomic E-state index is -4.07. The first kappa shape index (κ1) is 18.3. The molecular formula is C17H16N4O6S. The normalized spacial score (nSPS) is 18.9. The number of benzene rings is 1. The molecule has 3 heterocycles. The summed E-state index contributed by atoms with van der Waals surface area (Å²) in [5.74, 6) is -0.0513. The largest absolute Gasteiger partial charge is 0.473 e. The fraction of sp³-hybridized carbons (Fsp3) is 0.294. The highest BCUT2D eigenvalue weighted by Crippen LogP contribution is 2.31. The maximum atomic E-state index is 13.0. The summed E-state index contributed by atoms with van der Waals surface area (Å²) in [6.07, 6.45) is 0.902. The van der Waals surface area contributed by atoms with Crippen LogP contribution in [0.15, 0.2) is 41.4 Å². The number of epoxide rings is 1. The van der Waals surface area contributed by atoms with E-state index in [1.807, 2.05) is 13.8 Å². The van der Waals surface area contributed by atoms with Crippen molar-refractivity contribution in [3.8, 4) is 5.88 Å². The summed E-state index contributed by atoms with van der Waals surface area (Å²) >= 11 is 0. The summed E-state index contributed by atoms with van der Waals surface area (Å²) in [5, 5.41) is 15.3. The van der Waals surface area contributed by atoms with Gasteiger partial charge in [-0.3, -0.25) is 10.1 Å². The molecule has 4 rings (SSSR count). The van der Waals surface area contributed by atoms with Crippen LogP contribution in [-0.4, -0.2) is 46.3 Å². The van der Waals surface area contributed by atoms with E-state index in [0.717, 1.165) is 15.8 Å². The van der Waals surface area contributed by atoms with Gasteiger partial charge >= 0.3 is 0 Å². The number of nitrogens with zero attached hydrogens (tertiary/aromatic N) is 4. The lowest BCUT2D eigenvalue weighted by Crippen LogP contribution is -2.15. The average molecular weight is 404 g/mol. The molecule has 11 heteroatoms. The summed E-state index contributed by atoms with van der Waals surface area (Å²) in [6, 6.07) is 7.46. The maximum Gasteiger partial charge on any atom is 0.288 e. The molecule has 0 aliphatic carbocycles. The summed E-state index contributed by atoms with van der Waals surface area (Å²) in [5.41, 5.74) is 0.562. The molecule has 0 saturated carbocycles. The second-order valence-electron chi connectivity index (χ2n) is 6.48. The quantitative estimate of drug-likeness (QED) is 0.347. The zero-order valence-corrected chi connectivity index (χ0v) is 15.8. The van der Waals surface area contributed by atoms with Crippen LogP contribution in [0.2, 0.25) is 0 Å². The molecule has 1 aliphatic heterocycles. The van der Waals surface area contributed by atoms with Crippen LogP contribution in [-0.2, 0) is 14.8 Å². The van der Waals surface area contributed by atoms with Gasteiger partial charge in [0.2, 0.25) is 5.88 Å². The highest BCUT2D eigenvalue weighted by atomic mass is 32.2. The van der Waals surface area contributed by atoms with Gasteiger partial charge in [0.15, 0.2) is 5.65 Å². The molecule has 1 fully saturated rings. The number of pyridine rings is 1. The van der Waals surface area contributed by atoms with Crippen molar-refractivity contribution < 1.29 is 22.8 Å². The lowest BCUT2D eigenvalue weighted by Gasteiger charge is -2.05. The van der Waals surface area contributed by atoms with Crippen LogP contribution < -0.4 is 4.74 Å². The SMILES string of the molecule is Cc1ccc(S(=O)(=O)n2nc(OCC3OC3C)c3cc([N+](=O)[O-])cnc32)cc1. The molecule has 3 aromatic rings. The van der Waals surface area contributed by atoms with E-state index in [-0.39, 0.29) is 46.3 Å². The Morgan fingerprint density at radius 1 is 1.32 bits per heavy atom. The Labute approximate surface area is 159 Å². The summed E-state index contributed by atoms with van der Waals surface area (Å²) in [6.45, 7) is 3.87. The average Bonchev–Trinajstić information content (AvgIpc) is 3.24. The fourth-order valence-corrected chi connectivity index (χ4v) is 3.92. The van der Waals surface area contributed by atoms with Crippen LogP contribution in [0.5, 0.6) is 5.88 Å². The van der Waals surface area contributed by atoms with Crippen molar-refractivity contribution >= 4 is 26.7 Å². The molecule has 0 bridgehead atoms. The van der Waals surface area contributed by atoms with Crippen LogP contribution in [0, 0.1) is 17.0 Å². The molecule has 0 amide bonds. The fourth-order valence-electron chi connectivity index (χ4n) is 2.69. The van der Waals surface area contributed by atoms with Gasteiger partial charge in [-0.2, -0.15) is 8.42 Å². The molecule has 28 heavy (non-hydrogen) atoms. The van der Waals surface area contributed by atoms with Crippen LogP contribution in [0.4, 0.5) is 5.69 Å². The summed E-state index contributed by atoms with van der Waals surface area (Å²) in [7, 11) is -4.07. The highest BCUT2D eigenvalue weighted by molar-refractivity contribution is 7.90. The number of ether oxygens (including phenoxy) is 2. The Hall–Kier alpha value is -3.05. The molecule has 10 nitrogen and oxygen atoms in total. The predicted octanol–water partition coefficient (Wildman–Crippen LogP) is 2.05. The molecule has 2 unspecified atom stereocenters. The molecule has 2 atom stereocenters. The van der Waals surface area contributed by atoms with Crippen molar-refractivity contribution in [1.29, 1.82) is 0 Å². The second kappa shape index (κ2) is 6.53. The molecule has 0 radical (unpaired) electrons. The van der Waals surface area contributed by atoms with E-state index in [1.54, 1.807) is 12.1 Å². The number of hydrogen-bond acceptors (Lipinski definition) is 8. The number of nitro groups is 1. The maximum absolute atomic E-state index is 13.0. The standard InChI is InChI=1S/C17H16N4O6S/c1-10-3-5-13(6-4-10)28(24,25)20-16-14(7-12(8-18-16)21(22)23)17(19-20)26-9-15-11(2)27-15/h3-8,11,15H,9H2,1-2H3. The molecule has 1 aliphatic rings. The molecule has 2 aromatic heterocycles. The van der Waals surface area contributed by atoms with Crippen LogP contribution in [0.25, 0.3) is 11.0 Å². The first-order valence-corrected chi connectivity index (χ1v) is 9.85. The van der Waals surface area contributed by atoms with Gasteiger partial charge in [-0.25, -0.2) is 4.98 Å². The highest BCUT2D eigenvalue weighted by Gasteiger charge is 2.35. The Balaban J connectivity index is 1.83. The first-order chi connectivity index (χ1) is 13.3. The minimum Gasteiger partial charge on any atom is -0.473 e. The monoisotopic (exact) mass is 404 g/mol. The van der Waals surface area contributed by atoms with Gasteiger partial charge in [0.1, 0.15) is 18.9 Å². The number of hydrogen-bond donors (Lipinski definition) is 0. The molecule has 1 aromatic carbocycles. The van der Waals surface area contributed by atoms with Crippen LogP contribution >= 0.6 is 0 Å². The van der Waals surface area contributed by atoms with Gasteiger partial charge in [0.05, 0.1) is 21.3 Å². The zero-order chi connectivity index (χ0) is 20.1. The Kier molecular flexibility index (Phi) is 4.27. The molecular weight excluding hydrogens is 388 g/mol. The number of aryl methyl sites for hydroxylation is 1. The Bertz CT molecular complexity index is 1170. The predicted molar refractivity (Wildman–Crippen MR) is 97.8 cm³/mol. The van der Waals surface area contributed by atoms with E-state index >= 15 is 0 Å². The van der Waals surface area contributed by atoms with Gasteiger partial charge in [-0.1, -0.05) is 17.7 Å². The van der Waals surface area contributed by atoms with E-state index < -0.39 is 14.9 Å². The van der Waals surface area contributed by atoms with Crippen LogP contribution in [0.3, 0.4) is 0 Å². The number of aromatic nitrogens is 3. The first-order valence-electron chi connectivity index (χ1n) is 8.41. The van der Waals surface area contributed by atoms with Crippen molar-refractivity contribution in [2.75, 3.05) is 6.61 Å². The minimum absolute atomic E-state index is 0.0216. The lowest BCUT2D eigenvalue weighted by atomic mass is 10.2. The van der Waals surface area contributed by atoms with Crippen molar-refractivity contribution in [3.63, 3.8) is 0 Å². The topological polar surface area (TPSA) is 130 Å². The van der Waals surface area contributed by atoms with Crippen molar-refractivity contribution in [3.05, 3.63) is 52.2 Å². The van der Waals surface area contributed by atoms with E-state index in [2.05, 4.69) is 10.1 Å². The number of fused-ring (bicyclic) bond motifs is 1. The van der Waals surface area contributed by atoms with Gasteiger partial charge < -0.3 is 9.47 Å². The van der Waals surface area contributed by atoms with Crippen molar-refractivity contribution in [1.82, 2.24) is 14.2 Å². The Morgan fingerprint density at radius 2 is 2.00 bits per heavy atom. The van der Waals surface area contributed by atoms with Crippen molar-refractivity contribution in [2.45, 2.75) is 31.0 Å². The Morgan fingerprint density at radius 3 is 2.61 bits per heavy atom. The van der Waals surface area contributed by atoms with E-state index in [9.17, 15) is 18.5 Å². The summed E-state index contributed by atoms with van der Waals surface area (Å²) in [4.78, 5) is 14.5. The lowest BCUT2D eigenvalue weighted by molar-refractivity contribution is -0.385. The van der Waals surface area contributed by atoms with Crippen LogP contribution in [0.1, 0.15) is 12.5 Å². The third-order valence-electron chi connectivity index (χ3n) is 4.42. The van der Waals surface area contributed by atoms with Gasteiger partial charge in [0, 0.05) is 6.07 Å². The molecule has 0 N–H and O–H groups in total. The van der Waals surface area contributed by atoms with E-state index in [1.165, 1.54) is 18.2 Å². The third kappa shape index (κ3) is 3.18. The molecule has 0 spiro atoms. The molecule has 146 valence electrons. The van der Waals surface area contributed by atoms with E-state index in [0.29, 0.717) is 0 Å². The molecule has 1 saturated heterocycles. The van der Waals surface area contributed by atoms with Gasteiger partial charge in [-0.05, 0) is 26.0 Å². The summed E-state index contributed by atoms with van der Waals surface area (Å²) < 4.78 is 37.7. The van der Waals surface area contributed by atoms with Crippen molar-refractivity contribution in [2.24, 2.45) is 0 Å². The van der Waals surface area contributed by atoms with Gasteiger partial charge in [0.25, 0.3) is 15.7 Å².